The van der Waals surface area contributed by atoms with E-state index >= 15 is 0 Å². The molecule has 1 fully saturated rings. The molecule has 1 aromatic rings. The van der Waals surface area contributed by atoms with Crippen LogP contribution in [-0.2, 0) is 11.3 Å². The maximum Gasteiger partial charge on any atom is 0.235 e. The number of amides is 1. The molecule has 17 heavy (non-hydrogen) atoms. The van der Waals surface area contributed by atoms with Crippen LogP contribution in [0.5, 0.6) is 0 Å². The summed E-state index contributed by atoms with van der Waals surface area (Å²) in [5, 5.41) is 0. The molecule has 1 aliphatic rings. The van der Waals surface area contributed by atoms with Gasteiger partial charge in [0, 0.05) is 11.9 Å². The van der Waals surface area contributed by atoms with E-state index in [1.54, 1.807) is 28.8 Å². The molecule has 4 nitrogen and oxygen atoms in total. The van der Waals surface area contributed by atoms with Crippen LogP contribution in [0.25, 0.3) is 0 Å². The topological polar surface area (TPSA) is 59.2 Å². The van der Waals surface area contributed by atoms with Crippen molar-refractivity contribution in [3.05, 3.63) is 16.1 Å². The van der Waals surface area contributed by atoms with Crippen molar-refractivity contribution >= 4 is 34.5 Å². The average molecular weight is 269 g/mol. The van der Waals surface area contributed by atoms with E-state index in [0.717, 1.165) is 23.4 Å². The maximum atomic E-state index is 12.2. The standard InChI is InChI=1S/C11H15N3OS2/c1-7-8(17-6-13-7)5-14(2)10(15)11(3-4-11)9(12)16/h6H,3-5H2,1-2H3,(H2,12,16). The van der Waals surface area contributed by atoms with Gasteiger partial charge in [0.05, 0.1) is 28.2 Å². The average Bonchev–Trinajstić information content (AvgIpc) is 3.00. The van der Waals surface area contributed by atoms with Crippen LogP contribution >= 0.6 is 23.6 Å². The number of nitrogens with zero attached hydrogens (tertiary/aromatic N) is 2. The van der Waals surface area contributed by atoms with Crippen LogP contribution in [0, 0.1) is 12.3 Å². The fourth-order valence-electron chi connectivity index (χ4n) is 1.82. The van der Waals surface area contributed by atoms with Gasteiger partial charge < -0.3 is 10.6 Å². The summed E-state index contributed by atoms with van der Waals surface area (Å²) in [5.41, 5.74) is 7.87. The number of hydrogen-bond acceptors (Lipinski definition) is 4. The Hall–Kier alpha value is -1.01. The Kier molecular flexibility index (Phi) is 3.18. The summed E-state index contributed by atoms with van der Waals surface area (Å²) in [6.07, 6.45) is 1.57. The van der Waals surface area contributed by atoms with Crippen molar-refractivity contribution in [1.82, 2.24) is 9.88 Å². The SMILES string of the molecule is Cc1ncsc1CN(C)C(=O)C1(C(N)=S)CC1. The number of nitrogens with two attached hydrogens (primary N) is 1. The molecule has 0 aromatic carbocycles. The van der Waals surface area contributed by atoms with E-state index in [2.05, 4.69) is 4.98 Å². The molecule has 1 amide bonds. The van der Waals surface area contributed by atoms with Crippen LogP contribution in [0.15, 0.2) is 5.51 Å². The summed E-state index contributed by atoms with van der Waals surface area (Å²) < 4.78 is 0. The lowest BCUT2D eigenvalue weighted by Crippen LogP contribution is -2.40. The minimum Gasteiger partial charge on any atom is -0.392 e. The first-order valence-electron chi connectivity index (χ1n) is 5.42. The second kappa shape index (κ2) is 4.34. The van der Waals surface area contributed by atoms with Crippen LogP contribution < -0.4 is 5.73 Å². The number of carbonyl (C=O) groups is 1. The largest absolute Gasteiger partial charge is 0.392 e. The van der Waals surface area contributed by atoms with Gasteiger partial charge in [0.1, 0.15) is 0 Å². The van der Waals surface area contributed by atoms with Crippen molar-refractivity contribution < 1.29 is 4.79 Å². The molecule has 2 rings (SSSR count). The van der Waals surface area contributed by atoms with Gasteiger partial charge >= 0.3 is 0 Å². The predicted octanol–water partition coefficient (Wildman–Crippen LogP) is 1.48. The van der Waals surface area contributed by atoms with Gasteiger partial charge in [-0.2, -0.15) is 0 Å². The van der Waals surface area contributed by atoms with Gasteiger partial charge in [0.2, 0.25) is 5.91 Å². The zero-order valence-electron chi connectivity index (χ0n) is 9.90. The van der Waals surface area contributed by atoms with Gasteiger partial charge in [-0.25, -0.2) is 4.98 Å². The Labute approximate surface area is 110 Å². The molecule has 92 valence electrons. The minimum atomic E-state index is -0.553. The van der Waals surface area contributed by atoms with Crippen molar-refractivity contribution in [2.75, 3.05) is 7.05 Å². The highest BCUT2D eigenvalue weighted by molar-refractivity contribution is 7.80. The smallest absolute Gasteiger partial charge is 0.235 e. The zero-order valence-corrected chi connectivity index (χ0v) is 11.5. The number of carbonyl (C=O) groups excluding carboxylic acids is 1. The Bertz CT molecular complexity index is 465. The molecule has 1 saturated carbocycles. The summed E-state index contributed by atoms with van der Waals surface area (Å²) in [6, 6.07) is 0. The Morgan fingerprint density at radius 3 is 2.76 bits per heavy atom. The molecular weight excluding hydrogens is 254 g/mol. The zero-order chi connectivity index (χ0) is 12.6. The Balaban J connectivity index is 2.06. The predicted molar refractivity (Wildman–Crippen MR) is 71.8 cm³/mol. The normalized spacial score (nSPS) is 16.6. The number of rotatable bonds is 4. The van der Waals surface area contributed by atoms with Gasteiger partial charge in [-0.05, 0) is 19.8 Å². The van der Waals surface area contributed by atoms with E-state index in [9.17, 15) is 4.79 Å². The molecule has 1 heterocycles. The van der Waals surface area contributed by atoms with Crippen molar-refractivity contribution in [2.24, 2.45) is 11.1 Å². The number of thiocarbonyl (C=S) groups is 1. The lowest BCUT2D eigenvalue weighted by atomic mass is 10.1. The number of hydrogen-bond donors (Lipinski definition) is 1. The van der Waals surface area contributed by atoms with Gasteiger partial charge in [0.25, 0.3) is 0 Å². The summed E-state index contributed by atoms with van der Waals surface area (Å²) in [5.74, 6) is 0.0396. The lowest BCUT2D eigenvalue weighted by Gasteiger charge is -2.22. The quantitative estimate of drug-likeness (QED) is 0.841. The van der Waals surface area contributed by atoms with E-state index in [4.69, 9.17) is 18.0 Å². The van der Waals surface area contributed by atoms with Crippen molar-refractivity contribution in [1.29, 1.82) is 0 Å². The second-order valence-corrected chi connectivity index (χ2v) is 5.85. The van der Waals surface area contributed by atoms with Crippen LogP contribution in [0.1, 0.15) is 23.4 Å². The maximum absolute atomic E-state index is 12.2. The third-order valence-electron chi connectivity index (χ3n) is 3.20. The Morgan fingerprint density at radius 1 is 1.71 bits per heavy atom. The van der Waals surface area contributed by atoms with Gasteiger partial charge in [-0.1, -0.05) is 12.2 Å². The van der Waals surface area contributed by atoms with E-state index in [0.29, 0.717) is 11.5 Å². The Morgan fingerprint density at radius 2 is 2.35 bits per heavy atom. The summed E-state index contributed by atoms with van der Waals surface area (Å²) in [6.45, 7) is 2.53. The van der Waals surface area contributed by atoms with Crippen molar-refractivity contribution in [2.45, 2.75) is 26.3 Å². The van der Waals surface area contributed by atoms with E-state index in [1.165, 1.54) is 0 Å². The molecule has 0 saturated heterocycles. The number of aryl methyl sites for hydroxylation is 1. The molecule has 0 spiro atoms. The fourth-order valence-corrected chi connectivity index (χ4v) is 2.94. The van der Waals surface area contributed by atoms with E-state index in [-0.39, 0.29) is 5.91 Å². The fraction of sp³-hybridized carbons (Fsp3) is 0.545. The molecule has 0 unspecified atom stereocenters. The highest BCUT2D eigenvalue weighted by Crippen LogP contribution is 2.47. The first-order chi connectivity index (χ1) is 7.97. The molecule has 1 aliphatic carbocycles. The van der Waals surface area contributed by atoms with Crippen LogP contribution in [-0.4, -0.2) is 27.8 Å². The van der Waals surface area contributed by atoms with Crippen molar-refractivity contribution in [3.8, 4) is 0 Å². The first kappa shape index (κ1) is 12.4. The van der Waals surface area contributed by atoms with E-state index in [1.807, 2.05) is 6.92 Å². The molecule has 0 aliphatic heterocycles. The third kappa shape index (κ3) is 2.19. The highest BCUT2D eigenvalue weighted by Gasteiger charge is 2.53. The molecule has 6 heteroatoms. The molecule has 0 bridgehead atoms. The van der Waals surface area contributed by atoms with Gasteiger partial charge in [0.15, 0.2) is 0 Å². The number of thiazole rings is 1. The lowest BCUT2D eigenvalue weighted by molar-refractivity contribution is -0.133. The molecule has 0 atom stereocenters. The first-order valence-corrected chi connectivity index (χ1v) is 6.70. The highest BCUT2D eigenvalue weighted by atomic mass is 32.1. The second-order valence-electron chi connectivity index (χ2n) is 4.47. The van der Waals surface area contributed by atoms with E-state index < -0.39 is 5.41 Å². The number of aromatic nitrogens is 1. The summed E-state index contributed by atoms with van der Waals surface area (Å²) in [4.78, 5) is 19.6. The van der Waals surface area contributed by atoms with Crippen LogP contribution in [0.4, 0.5) is 0 Å². The summed E-state index contributed by atoms with van der Waals surface area (Å²) in [7, 11) is 1.79. The monoisotopic (exact) mass is 269 g/mol. The molecule has 2 N–H and O–H groups in total. The molecule has 0 radical (unpaired) electrons. The van der Waals surface area contributed by atoms with Crippen molar-refractivity contribution in [3.63, 3.8) is 0 Å². The third-order valence-corrected chi connectivity index (χ3v) is 4.51. The van der Waals surface area contributed by atoms with Crippen LogP contribution in [0.2, 0.25) is 0 Å². The molecule has 1 aromatic heterocycles. The van der Waals surface area contributed by atoms with Crippen LogP contribution in [0.3, 0.4) is 0 Å². The minimum absolute atomic E-state index is 0.0396. The van der Waals surface area contributed by atoms with Gasteiger partial charge in [-0.3, -0.25) is 4.79 Å². The summed E-state index contributed by atoms with van der Waals surface area (Å²) >= 11 is 6.55. The molecular formula is C11H15N3OS2. The van der Waals surface area contributed by atoms with Gasteiger partial charge in [-0.15, -0.1) is 11.3 Å².